The Hall–Kier alpha value is -1.07. The monoisotopic (exact) mass is 256 g/mol. The Balaban J connectivity index is 2.69. The Bertz CT molecular complexity index is 398. The fourth-order valence-electron chi connectivity index (χ4n) is 1.39. The van der Waals surface area contributed by atoms with Crippen molar-refractivity contribution in [1.82, 2.24) is 0 Å². The molecule has 0 saturated carbocycles. The number of carbonyl (C=O) groups is 1. The minimum Gasteiger partial charge on any atom is -0.366 e. The Kier molecular flexibility index (Phi) is 5.44. The molecule has 0 bridgehead atoms. The highest BCUT2D eigenvalue weighted by Gasteiger charge is 2.09. The van der Waals surface area contributed by atoms with Crippen LogP contribution in [0.3, 0.4) is 0 Å². The van der Waals surface area contributed by atoms with Crippen molar-refractivity contribution in [2.45, 2.75) is 24.3 Å². The third-order valence-corrected chi connectivity index (χ3v) is 3.71. The molecule has 4 N–H and O–H groups in total. The van der Waals surface area contributed by atoms with Gasteiger partial charge in [-0.25, -0.2) is 4.39 Å². The smallest absolute Gasteiger partial charge is 0.248 e. The second kappa shape index (κ2) is 6.61. The minimum atomic E-state index is -0.536. The number of nitrogens with two attached hydrogens (primary N) is 2. The van der Waals surface area contributed by atoms with Gasteiger partial charge in [-0.2, -0.15) is 11.8 Å². The summed E-state index contributed by atoms with van der Waals surface area (Å²) in [4.78, 5) is 11.0. The van der Waals surface area contributed by atoms with Gasteiger partial charge in [-0.3, -0.25) is 4.79 Å². The van der Waals surface area contributed by atoms with Crippen molar-refractivity contribution in [3.8, 4) is 0 Å². The van der Waals surface area contributed by atoms with Crippen molar-refractivity contribution in [3.63, 3.8) is 0 Å². The van der Waals surface area contributed by atoms with Crippen LogP contribution in [-0.4, -0.2) is 17.7 Å². The number of rotatable bonds is 6. The van der Waals surface area contributed by atoms with Gasteiger partial charge in [0.2, 0.25) is 5.91 Å². The van der Waals surface area contributed by atoms with Gasteiger partial charge in [0.05, 0.1) is 0 Å². The molecular weight excluding hydrogens is 239 g/mol. The zero-order valence-electron chi connectivity index (χ0n) is 9.78. The zero-order valence-corrected chi connectivity index (χ0v) is 10.6. The SMILES string of the molecule is CC(CCN)SCc1cc(C(N)=O)ccc1F. The fourth-order valence-corrected chi connectivity index (χ4v) is 2.38. The van der Waals surface area contributed by atoms with Crippen molar-refractivity contribution >= 4 is 17.7 Å². The number of amides is 1. The molecule has 5 heteroatoms. The molecule has 3 nitrogen and oxygen atoms in total. The first kappa shape index (κ1) is 14.0. The summed E-state index contributed by atoms with van der Waals surface area (Å²) in [6.07, 6.45) is 0.891. The number of benzene rings is 1. The number of thioether (sulfide) groups is 1. The van der Waals surface area contributed by atoms with Crippen LogP contribution in [0.4, 0.5) is 4.39 Å². The molecule has 1 rings (SSSR count). The molecule has 94 valence electrons. The van der Waals surface area contributed by atoms with E-state index in [9.17, 15) is 9.18 Å². The second-order valence-corrected chi connectivity index (χ2v) is 5.30. The van der Waals surface area contributed by atoms with E-state index in [1.807, 2.05) is 6.92 Å². The molecule has 1 atom stereocenters. The van der Waals surface area contributed by atoms with Crippen molar-refractivity contribution in [2.24, 2.45) is 11.5 Å². The Labute approximate surface area is 105 Å². The summed E-state index contributed by atoms with van der Waals surface area (Å²) in [6, 6.07) is 4.19. The average molecular weight is 256 g/mol. The molecule has 0 fully saturated rings. The van der Waals surface area contributed by atoms with Gasteiger partial charge in [-0.15, -0.1) is 0 Å². The van der Waals surface area contributed by atoms with E-state index < -0.39 is 5.91 Å². The van der Waals surface area contributed by atoms with E-state index >= 15 is 0 Å². The van der Waals surface area contributed by atoms with E-state index in [2.05, 4.69) is 0 Å². The number of carbonyl (C=O) groups excluding carboxylic acids is 1. The molecule has 1 aromatic rings. The normalized spacial score (nSPS) is 12.4. The van der Waals surface area contributed by atoms with Crippen molar-refractivity contribution in [1.29, 1.82) is 0 Å². The molecule has 0 aliphatic heterocycles. The van der Waals surface area contributed by atoms with Crippen molar-refractivity contribution in [2.75, 3.05) is 6.54 Å². The maximum absolute atomic E-state index is 13.5. The van der Waals surface area contributed by atoms with Crippen LogP contribution in [0.25, 0.3) is 0 Å². The maximum atomic E-state index is 13.5. The van der Waals surface area contributed by atoms with E-state index in [0.717, 1.165) is 6.42 Å². The van der Waals surface area contributed by atoms with Crippen molar-refractivity contribution in [3.05, 3.63) is 35.1 Å². The predicted molar refractivity (Wildman–Crippen MR) is 69.3 cm³/mol. The van der Waals surface area contributed by atoms with Crippen LogP contribution in [0.1, 0.15) is 29.3 Å². The summed E-state index contributed by atoms with van der Waals surface area (Å²) in [7, 11) is 0. The van der Waals surface area contributed by atoms with Gasteiger partial charge in [0.1, 0.15) is 5.82 Å². The lowest BCUT2D eigenvalue weighted by atomic mass is 10.1. The van der Waals surface area contributed by atoms with Gasteiger partial charge in [-0.05, 0) is 36.7 Å². The third kappa shape index (κ3) is 4.36. The topological polar surface area (TPSA) is 69.1 Å². The lowest BCUT2D eigenvalue weighted by Crippen LogP contribution is -2.12. The largest absolute Gasteiger partial charge is 0.366 e. The zero-order chi connectivity index (χ0) is 12.8. The van der Waals surface area contributed by atoms with E-state index in [4.69, 9.17) is 11.5 Å². The lowest BCUT2D eigenvalue weighted by Gasteiger charge is -2.10. The van der Waals surface area contributed by atoms with Crippen LogP contribution >= 0.6 is 11.8 Å². The van der Waals surface area contributed by atoms with E-state index in [1.54, 1.807) is 11.8 Å². The average Bonchev–Trinajstić information content (AvgIpc) is 2.28. The van der Waals surface area contributed by atoms with Crippen LogP contribution in [-0.2, 0) is 5.75 Å². The first-order valence-electron chi connectivity index (χ1n) is 5.44. The molecule has 0 heterocycles. The number of hydrogen-bond acceptors (Lipinski definition) is 3. The Morgan fingerprint density at radius 2 is 2.24 bits per heavy atom. The number of primary amides is 1. The van der Waals surface area contributed by atoms with Gasteiger partial charge in [-0.1, -0.05) is 6.92 Å². The summed E-state index contributed by atoms with van der Waals surface area (Å²) >= 11 is 1.62. The predicted octanol–water partition coefficient (Wildman–Crippen LogP) is 1.90. The first-order valence-corrected chi connectivity index (χ1v) is 6.49. The van der Waals surface area contributed by atoms with Gasteiger partial charge in [0, 0.05) is 16.6 Å². The van der Waals surface area contributed by atoms with Crippen molar-refractivity contribution < 1.29 is 9.18 Å². The number of hydrogen-bond donors (Lipinski definition) is 2. The molecule has 0 saturated heterocycles. The van der Waals surface area contributed by atoms with Crippen LogP contribution in [0, 0.1) is 5.82 Å². The van der Waals surface area contributed by atoms with Crippen LogP contribution in [0.2, 0.25) is 0 Å². The molecule has 1 aromatic carbocycles. The fraction of sp³-hybridized carbons (Fsp3) is 0.417. The quantitative estimate of drug-likeness (QED) is 0.816. The molecular formula is C12H17FN2OS. The molecule has 0 aliphatic rings. The molecule has 0 spiro atoms. The Morgan fingerprint density at radius 3 is 2.82 bits per heavy atom. The van der Waals surface area contributed by atoms with Gasteiger partial charge < -0.3 is 11.5 Å². The Morgan fingerprint density at radius 1 is 1.53 bits per heavy atom. The standard InChI is InChI=1S/C12H17FN2OS/c1-8(4-5-14)17-7-10-6-9(12(15)16)2-3-11(10)13/h2-3,6,8H,4-5,7,14H2,1H3,(H2,15,16). The van der Waals surface area contributed by atoms with Crippen LogP contribution in [0.15, 0.2) is 18.2 Å². The molecule has 0 aliphatic carbocycles. The highest BCUT2D eigenvalue weighted by atomic mass is 32.2. The molecule has 1 unspecified atom stereocenters. The molecule has 0 radical (unpaired) electrons. The summed E-state index contributed by atoms with van der Waals surface area (Å²) in [5.74, 6) is -0.317. The van der Waals surface area contributed by atoms with Gasteiger partial charge >= 0.3 is 0 Å². The van der Waals surface area contributed by atoms with Crippen LogP contribution < -0.4 is 11.5 Å². The third-order valence-electron chi connectivity index (χ3n) is 2.43. The van der Waals surface area contributed by atoms with E-state index in [-0.39, 0.29) is 5.82 Å². The summed E-state index contributed by atoms with van der Waals surface area (Å²) in [5.41, 5.74) is 11.4. The summed E-state index contributed by atoms with van der Waals surface area (Å²) in [5, 5.41) is 0.372. The minimum absolute atomic E-state index is 0.303. The lowest BCUT2D eigenvalue weighted by molar-refractivity contribution is 0.1000. The van der Waals surface area contributed by atoms with Gasteiger partial charge in [0.25, 0.3) is 0 Å². The first-order chi connectivity index (χ1) is 8.04. The summed E-state index contributed by atoms with van der Waals surface area (Å²) < 4.78 is 13.5. The molecule has 17 heavy (non-hydrogen) atoms. The molecule has 1 amide bonds. The van der Waals surface area contributed by atoms with E-state index in [1.165, 1.54) is 18.2 Å². The maximum Gasteiger partial charge on any atom is 0.248 e. The summed E-state index contributed by atoms with van der Waals surface area (Å²) in [6.45, 7) is 2.67. The highest BCUT2D eigenvalue weighted by Crippen LogP contribution is 2.22. The van der Waals surface area contributed by atoms with Crippen LogP contribution in [0.5, 0.6) is 0 Å². The molecule has 0 aromatic heterocycles. The van der Waals surface area contributed by atoms with E-state index in [0.29, 0.717) is 28.7 Å². The highest BCUT2D eigenvalue weighted by molar-refractivity contribution is 7.99. The number of halogens is 1. The second-order valence-electron chi connectivity index (χ2n) is 3.87. The van der Waals surface area contributed by atoms with Gasteiger partial charge in [0.15, 0.2) is 0 Å².